The second-order valence-corrected chi connectivity index (χ2v) is 7.88. The Morgan fingerprint density at radius 3 is 1.55 bits per heavy atom. The van der Waals surface area contributed by atoms with Crippen LogP contribution < -0.4 is 16.4 Å². The summed E-state index contributed by atoms with van der Waals surface area (Å²) in [6.07, 6.45) is -1.14. The van der Waals surface area contributed by atoms with Crippen molar-refractivity contribution in [2.24, 2.45) is 0 Å². The Morgan fingerprint density at radius 1 is 0.724 bits per heavy atom. The Kier molecular flexibility index (Phi) is 5.40. The number of hydrogen-bond acceptors (Lipinski definition) is 0. The first-order valence-corrected chi connectivity index (χ1v) is 9.93. The lowest BCUT2D eigenvalue weighted by Crippen LogP contribution is -2.71. The molecule has 3 aromatic rings. The number of rotatable bonds is 4. The average molecular weight is 396 g/mol. The van der Waals surface area contributed by atoms with E-state index in [2.05, 4.69) is 0 Å². The third-order valence-corrected chi connectivity index (χ3v) is 6.16. The molecule has 1 unspecified atom stereocenters. The highest BCUT2D eigenvalue weighted by Crippen LogP contribution is 2.35. The first kappa shape index (κ1) is 19.6. The molecule has 1 atom stereocenters. The van der Waals surface area contributed by atoms with E-state index in [0.717, 1.165) is 5.82 Å². The number of alkyl halides is 1. The average Bonchev–Trinajstić information content (AvgIpc) is 2.69. The van der Waals surface area contributed by atoms with Crippen LogP contribution >= 0.6 is 0 Å². The molecule has 1 fully saturated rings. The molecule has 3 aromatic carbocycles. The highest BCUT2D eigenvalue weighted by molar-refractivity contribution is 7.15. The summed E-state index contributed by atoms with van der Waals surface area (Å²) in [7, 11) is 0. The molecule has 0 aromatic heterocycles. The Morgan fingerprint density at radius 2 is 1.17 bits per heavy atom. The van der Waals surface area contributed by atoms with Gasteiger partial charge in [-0.25, -0.2) is 17.6 Å². The van der Waals surface area contributed by atoms with Gasteiger partial charge in [0.15, 0.2) is 0 Å². The van der Waals surface area contributed by atoms with Gasteiger partial charge in [0.2, 0.25) is 0 Å². The van der Waals surface area contributed by atoms with E-state index in [1.807, 2.05) is 0 Å². The number of benzene rings is 3. The van der Waals surface area contributed by atoms with Gasteiger partial charge in [0.1, 0.15) is 23.6 Å². The van der Waals surface area contributed by atoms with Crippen molar-refractivity contribution in [3.05, 3.63) is 96.1 Å². The van der Waals surface area contributed by atoms with Crippen molar-refractivity contribution in [3.63, 3.8) is 0 Å². The minimum Gasteiger partial charge on any atom is -0.243 e. The molecule has 0 N–H and O–H groups in total. The molecule has 0 saturated heterocycles. The van der Waals surface area contributed by atoms with Crippen LogP contribution in [-0.4, -0.2) is 12.3 Å². The first-order valence-electron chi connectivity index (χ1n) is 9.93. The molecule has 4 rings (SSSR count). The summed E-state index contributed by atoms with van der Waals surface area (Å²) < 4.78 is 57.4. The van der Waals surface area contributed by atoms with Crippen LogP contribution in [0, 0.1) is 23.3 Å². The Balaban J connectivity index is 2.06. The summed E-state index contributed by atoms with van der Waals surface area (Å²) in [4.78, 5) is 0. The van der Waals surface area contributed by atoms with Crippen LogP contribution in [0.5, 0.6) is 0 Å². The summed E-state index contributed by atoms with van der Waals surface area (Å²) in [5.41, 5.74) is 1.81. The van der Waals surface area contributed by atoms with Crippen molar-refractivity contribution in [1.82, 2.24) is 0 Å². The van der Waals surface area contributed by atoms with E-state index in [-0.39, 0.29) is 6.42 Å². The van der Waals surface area contributed by atoms with Gasteiger partial charge in [-0.15, -0.1) is 16.4 Å². The van der Waals surface area contributed by atoms with E-state index in [4.69, 9.17) is 0 Å². The Hall–Kier alpha value is -2.69. The van der Waals surface area contributed by atoms with Gasteiger partial charge in [0.05, 0.1) is 6.42 Å². The molecular formula is C24H21BF4. The zero-order chi connectivity index (χ0) is 20.4. The smallest absolute Gasteiger partial charge is 0.243 e. The highest BCUT2D eigenvalue weighted by Gasteiger charge is 2.49. The van der Waals surface area contributed by atoms with Gasteiger partial charge in [0.25, 0.3) is 6.15 Å². The molecule has 0 heterocycles. The number of halogens is 4. The predicted molar refractivity (Wildman–Crippen MR) is 110 cm³/mol. The molecule has 0 spiro atoms. The van der Waals surface area contributed by atoms with Gasteiger partial charge in [-0.2, -0.15) is 0 Å². The summed E-state index contributed by atoms with van der Waals surface area (Å²) in [5, 5.41) is 0. The fraction of sp³-hybridized carbons (Fsp3) is 0.208. The lowest BCUT2D eigenvalue weighted by Gasteiger charge is -2.42. The van der Waals surface area contributed by atoms with E-state index >= 15 is 0 Å². The van der Waals surface area contributed by atoms with E-state index in [1.54, 1.807) is 36.4 Å². The highest BCUT2D eigenvalue weighted by atomic mass is 19.1. The van der Waals surface area contributed by atoms with Crippen LogP contribution in [0.15, 0.2) is 72.8 Å². The van der Waals surface area contributed by atoms with Gasteiger partial charge in [-0.1, -0.05) is 60.4 Å². The van der Waals surface area contributed by atoms with Crippen molar-refractivity contribution in [3.8, 4) is 0 Å². The van der Waals surface area contributed by atoms with E-state index < -0.39 is 29.8 Å². The third kappa shape index (κ3) is 3.66. The van der Waals surface area contributed by atoms with E-state index in [0.29, 0.717) is 35.7 Å². The van der Waals surface area contributed by atoms with Gasteiger partial charge >= 0.3 is 0 Å². The number of hydrogen-bond donors (Lipinski definition) is 0. The monoisotopic (exact) mass is 396 g/mol. The second-order valence-electron chi connectivity index (χ2n) is 7.88. The molecule has 0 radical (unpaired) electrons. The van der Waals surface area contributed by atoms with Crippen molar-refractivity contribution in [2.75, 3.05) is 0 Å². The standard InChI is InChI=1S/C24H21BF4/c26-21-9-1-5-17(13-21)25(18-6-2-10-22(27)14-18,19-7-3-11-23(28)15-19)20-8-4-12-24(29)16-20/h1-3,5-7,9-11,13-15,24H,4,8,12,16H2. The van der Waals surface area contributed by atoms with Crippen LogP contribution in [0.25, 0.3) is 0 Å². The Bertz CT molecular complexity index is 893. The summed E-state index contributed by atoms with van der Waals surface area (Å²) >= 11 is 0. The largest absolute Gasteiger partial charge is 0.278 e. The SMILES string of the molecule is Fc1cccc([B-](c2cccc(F)c2)(c2cccc(F)c2)[C+]2CCCC(F)C2)c1. The summed E-state index contributed by atoms with van der Waals surface area (Å²) in [6, 6.07) is 18.3. The summed E-state index contributed by atoms with van der Waals surface area (Å²) in [5.74, 6) is -0.440. The second kappa shape index (κ2) is 7.98. The minimum atomic E-state index is -2.07. The van der Waals surface area contributed by atoms with E-state index in [9.17, 15) is 17.6 Å². The fourth-order valence-electron chi connectivity index (χ4n) is 5.04. The predicted octanol–water partition coefficient (Wildman–Crippen LogP) is 4.60. The topological polar surface area (TPSA) is 0 Å². The Labute approximate surface area is 168 Å². The molecule has 148 valence electrons. The van der Waals surface area contributed by atoms with Gasteiger partial charge in [-0.05, 0) is 31.0 Å². The van der Waals surface area contributed by atoms with Gasteiger partial charge < -0.3 is 0 Å². The zero-order valence-electron chi connectivity index (χ0n) is 15.9. The molecule has 5 heteroatoms. The van der Waals surface area contributed by atoms with Crippen LogP contribution in [-0.2, 0) is 0 Å². The normalized spacial score (nSPS) is 17.4. The van der Waals surface area contributed by atoms with E-state index in [1.165, 1.54) is 36.4 Å². The maximum atomic E-state index is 14.5. The molecule has 0 amide bonds. The molecular weight excluding hydrogens is 375 g/mol. The molecule has 1 aliphatic rings. The quantitative estimate of drug-likeness (QED) is 0.344. The van der Waals surface area contributed by atoms with Crippen LogP contribution in [0.4, 0.5) is 17.6 Å². The van der Waals surface area contributed by atoms with Crippen LogP contribution in [0.1, 0.15) is 25.7 Å². The molecule has 0 bridgehead atoms. The molecule has 0 aliphatic heterocycles. The van der Waals surface area contributed by atoms with Crippen molar-refractivity contribution in [1.29, 1.82) is 0 Å². The lowest BCUT2D eigenvalue weighted by molar-refractivity contribution is 0.275. The zero-order valence-corrected chi connectivity index (χ0v) is 15.9. The molecule has 29 heavy (non-hydrogen) atoms. The summed E-state index contributed by atoms with van der Waals surface area (Å²) in [6.45, 7) is 0. The molecule has 1 aliphatic carbocycles. The van der Waals surface area contributed by atoms with Crippen molar-refractivity contribution < 1.29 is 17.6 Å². The molecule has 0 nitrogen and oxygen atoms in total. The maximum Gasteiger partial charge on any atom is 0.278 e. The third-order valence-electron chi connectivity index (χ3n) is 6.16. The van der Waals surface area contributed by atoms with Crippen molar-refractivity contribution in [2.45, 2.75) is 31.9 Å². The fourth-order valence-corrected chi connectivity index (χ4v) is 5.04. The van der Waals surface area contributed by atoms with Crippen LogP contribution in [0.3, 0.4) is 0 Å². The first-order chi connectivity index (χ1) is 14.0. The van der Waals surface area contributed by atoms with Gasteiger partial charge in [0, 0.05) is 6.42 Å². The lowest BCUT2D eigenvalue weighted by atomic mass is 9.09. The van der Waals surface area contributed by atoms with Crippen LogP contribution in [0.2, 0.25) is 0 Å². The van der Waals surface area contributed by atoms with Gasteiger partial charge in [-0.3, -0.25) is 0 Å². The molecule has 1 saturated carbocycles. The maximum absolute atomic E-state index is 14.5. The van der Waals surface area contributed by atoms with Crippen molar-refractivity contribution >= 4 is 22.5 Å². The minimum absolute atomic E-state index is 0.198.